The van der Waals surface area contributed by atoms with Crippen LogP contribution in [0.3, 0.4) is 0 Å². The number of para-hydroxylation sites is 1. The van der Waals surface area contributed by atoms with Crippen LogP contribution in [0.1, 0.15) is 38.4 Å². The van der Waals surface area contributed by atoms with Crippen LogP contribution in [0.25, 0.3) is 0 Å². The van der Waals surface area contributed by atoms with Crippen molar-refractivity contribution in [1.29, 1.82) is 0 Å². The topological polar surface area (TPSA) is 56.1 Å². The quantitative estimate of drug-likeness (QED) is 0.725. The minimum absolute atomic E-state index is 0.119. The molecule has 2 aromatic carbocycles. The molecule has 0 aliphatic carbocycles. The van der Waals surface area contributed by atoms with Gasteiger partial charge in [-0.15, -0.1) is 0 Å². The third kappa shape index (κ3) is 4.19. The standard InChI is InChI=1S/C22H25N3O2/c1-15-9-11-18(12-10-15)14-25-17(3)21(16(2)24-25)22(26)23-13-19-7-5-6-8-20(19)27-4/h5-12H,13-14H2,1-4H3,(H,23,26). The lowest BCUT2D eigenvalue weighted by molar-refractivity contribution is 0.0949. The largest absolute Gasteiger partial charge is 0.496 e. The van der Waals surface area contributed by atoms with Gasteiger partial charge in [-0.25, -0.2) is 0 Å². The first kappa shape index (κ1) is 18.7. The van der Waals surface area contributed by atoms with Gasteiger partial charge >= 0.3 is 0 Å². The Bertz CT molecular complexity index is 943. The first-order valence-electron chi connectivity index (χ1n) is 8.99. The summed E-state index contributed by atoms with van der Waals surface area (Å²) in [7, 11) is 1.63. The van der Waals surface area contributed by atoms with Gasteiger partial charge in [-0.1, -0.05) is 48.0 Å². The zero-order chi connectivity index (χ0) is 19.4. The van der Waals surface area contributed by atoms with Gasteiger partial charge in [0, 0.05) is 17.8 Å². The molecule has 5 nitrogen and oxygen atoms in total. The van der Waals surface area contributed by atoms with E-state index >= 15 is 0 Å². The molecule has 0 spiro atoms. The lowest BCUT2D eigenvalue weighted by Crippen LogP contribution is -2.24. The molecule has 0 atom stereocenters. The predicted octanol–water partition coefficient (Wildman–Crippen LogP) is 3.80. The molecule has 1 amide bonds. The summed E-state index contributed by atoms with van der Waals surface area (Å²) in [5.41, 5.74) is 5.56. The number of aryl methyl sites for hydroxylation is 2. The van der Waals surface area contributed by atoms with Crippen LogP contribution >= 0.6 is 0 Å². The van der Waals surface area contributed by atoms with Crippen molar-refractivity contribution < 1.29 is 9.53 Å². The predicted molar refractivity (Wildman–Crippen MR) is 106 cm³/mol. The number of ether oxygens (including phenoxy) is 1. The van der Waals surface area contributed by atoms with Gasteiger partial charge in [-0.2, -0.15) is 5.10 Å². The summed E-state index contributed by atoms with van der Waals surface area (Å²) in [5, 5.41) is 7.55. The SMILES string of the molecule is COc1ccccc1CNC(=O)c1c(C)nn(Cc2ccc(C)cc2)c1C. The van der Waals surface area contributed by atoms with Gasteiger partial charge in [0.25, 0.3) is 5.91 Å². The lowest BCUT2D eigenvalue weighted by Gasteiger charge is -2.10. The summed E-state index contributed by atoms with van der Waals surface area (Å²) in [6, 6.07) is 16.0. The molecule has 0 saturated carbocycles. The van der Waals surface area contributed by atoms with E-state index in [0.29, 0.717) is 18.7 Å². The second kappa shape index (κ2) is 8.08. The van der Waals surface area contributed by atoms with Crippen LogP contribution in [0.2, 0.25) is 0 Å². The normalized spacial score (nSPS) is 10.7. The Labute approximate surface area is 160 Å². The molecule has 0 fully saturated rings. The lowest BCUT2D eigenvalue weighted by atomic mass is 10.1. The highest BCUT2D eigenvalue weighted by molar-refractivity contribution is 5.96. The van der Waals surface area contributed by atoms with Crippen LogP contribution in [0.5, 0.6) is 5.75 Å². The maximum absolute atomic E-state index is 12.8. The average Bonchev–Trinajstić information content (AvgIpc) is 2.95. The number of carbonyl (C=O) groups excluding carboxylic acids is 1. The van der Waals surface area contributed by atoms with Gasteiger partial charge in [-0.05, 0) is 32.4 Å². The van der Waals surface area contributed by atoms with E-state index in [0.717, 1.165) is 28.3 Å². The Hall–Kier alpha value is -3.08. The van der Waals surface area contributed by atoms with Crippen molar-refractivity contribution >= 4 is 5.91 Å². The van der Waals surface area contributed by atoms with Crippen molar-refractivity contribution in [2.24, 2.45) is 0 Å². The van der Waals surface area contributed by atoms with E-state index in [-0.39, 0.29) is 5.91 Å². The molecule has 5 heteroatoms. The van der Waals surface area contributed by atoms with Crippen molar-refractivity contribution in [2.45, 2.75) is 33.9 Å². The van der Waals surface area contributed by atoms with Crippen molar-refractivity contribution in [3.8, 4) is 5.75 Å². The third-order valence-electron chi connectivity index (χ3n) is 4.69. The van der Waals surface area contributed by atoms with Crippen molar-refractivity contribution in [3.05, 3.63) is 82.2 Å². The molecule has 0 aliphatic rings. The van der Waals surface area contributed by atoms with Gasteiger partial charge in [0.2, 0.25) is 0 Å². The summed E-state index contributed by atoms with van der Waals surface area (Å²) < 4.78 is 7.23. The monoisotopic (exact) mass is 363 g/mol. The van der Waals surface area contributed by atoms with E-state index in [1.165, 1.54) is 5.56 Å². The Morgan fingerprint density at radius 3 is 2.48 bits per heavy atom. The Morgan fingerprint density at radius 2 is 1.78 bits per heavy atom. The summed E-state index contributed by atoms with van der Waals surface area (Å²) in [4.78, 5) is 12.8. The Morgan fingerprint density at radius 1 is 1.07 bits per heavy atom. The zero-order valence-electron chi connectivity index (χ0n) is 16.2. The molecule has 0 bridgehead atoms. The maximum Gasteiger partial charge on any atom is 0.255 e. The summed E-state index contributed by atoms with van der Waals surface area (Å²) >= 11 is 0. The number of nitrogens with one attached hydrogen (secondary N) is 1. The molecule has 1 heterocycles. The van der Waals surface area contributed by atoms with Gasteiger partial charge in [0.1, 0.15) is 5.75 Å². The summed E-state index contributed by atoms with van der Waals surface area (Å²) in [5.74, 6) is 0.646. The molecule has 0 radical (unpaired) electrons. The molecular formula is C22H25N3O2. The van der Waals surface area contributed by atoms with Crippen LogP contribution < -0.4 is 10.1 Å². The first-order chi connectivity index (χ1) is 13.0. The summed E-state index contributed by atoms with van der Waals surface area (Å²) in [6.07, 6.45) is 0. The molecule has 0 aliphatic heterocycles. The fraction of sp³-hybridized carbons (Fsp3) is 0.273. The smallest absolute Gasteiger partial charge is 0.255 e. The first-order valence-corrected chi connectivity index (χ1v) is 8.99. The second-order valence-corrected chi connectivity index (χ2v) is 6.68. The minimum atomic E-state index is -0.119. The van der Waals surface area contributed by atoms with Gasteiger partial charge in [-0.3, -0.25) is 9.48 Å². The number of methoxy groups -OCH3 is 1. The van der Waals surface area contributed by atoms with Gasteiger partial charge < -0.3 is 10.1 Å². The van der Waals surface area contributed by atoms with Gasteiger partial charge in [0.05, 0.1) is 24.9 Å². The second-order valence-electron chi connectivity index (χ2n) is 6.68. The zero-order valence-corrected chi connectivity index (χ0v) is 16.2. The number of aromatic nitrogens is 2. The molecule has 27 heavy (non-hydrogen) atoms. The van der Waals surface area contributed by atoms with Gasteiger partial charge in [0.15, 0.2) is 0 Å². The number of nitrogens with zero attached hydrogens (tertiary/aromatic N) is 2. The molecule has 3 rings (SSSR count). The Kier molecular flexibility index (Phi) is 5.60. The van der Waals surface area contributed by atoms with E-state index in [2.05, 4.69) is 41.6 Å². The Balaban J connectivity index is 1.75. The molecule has 3 aromatic rings. The van der Waals surface area contributed by atoms with E-state index in [9.17, 15) is 4.79 Å². The minimum Gasteiger partial charge on any atom is -0.496 e. The molecule has 0 saturated heterocycles. The van der Waals surface area contributed by atoms with Crippen LogP contribution in [0, 0.1) is 20.8 Å². The van der Waals surface area contributed by atoms with Crippen molar-refractivity contribution in [3.63, 3.8) is 0 Å². The van der Waals surface area contributed by atoms with Crippen LogP contribution in [0.4, 0.5) is 0 Å². The highest BCUT2D eigenvalue weighted by Crippen LogP contribution is 2.18. The third-order valence-corrected chi connectivity index (χ3v) is 4.69. The molecule has 140 valence electrons. The van der Waals surface area contributed by atoms with E-state index in [1.807, 2.05) is 42.8 Å². The number of hydrogen-bond donors (Lipinski definition) is 1. The number of hydrogen-bond acceptors (Lipinski definition) is 3. The van der Waals surface area contributed by atoms with Crippen LogP contribution in [-0.2, 0) is 13.1 Å². The van der Waals surface area contributed by atoms with E-state index < -0.39 is 0 Å². The maximum atomic E-state index is 12.8. The highest BCUT2D eigenvalue weighted by atomic mass is 16.5. The number of amides is 1. The molecular weight excluding hydrogens is 338 g/mol. The number of rotatable bonds is 6. The molecule has 1 N–H and O–H groups in total. The fourth-order valence-corrected chi connectivity index (χ4v) is 3.16. The van der Waals surface area contributed by atoms with E-state index in [1.54, 1.807) is 7.11 Å². The average molecular weight is 363 g/mol. The fourth-order valence-electron chi connectivity index (χ4n) is 3.16. The highest BCUT2D eigenvalue weighted by Gasteiger charge is 2.19. The van der Waals surface area contributed by atoms with Crippen molar-refractivity contribution in [1.82, 2.24) is 15.1 Å². The van der Waals surface area contributed by atoms with E-state index in [4.69, 9.17) is 4.74 Å². The van der Waals surface area contributed by atoms with Crippen LogP contribution in [0.15, 0.2) is 48.5 Å². The molecule has 1 aromatic heterocycles. The summed E-state index contributed by atoms with van der Waals surface area (Å²) in [6.45, 7) is 6.93. The number of benzene rings is 2. The molecule has 0 unspecified atom stereocenters. The van der Waals surface area contributed by atoms with Crippen LogP contribution in [-0.4, -0.2) is 22.8 Å². The number of carbonyl (C=O) groups is 1. The van der Waals surface area contributed by atoms with Crippen molar-refractivity contribution in [2.75, 3.05) is 7.11 Å².